The molecule has 106 valence electrons. The molecule has 0 saturated carbocycles. The van der Waals surface area contributed by atoms with Crippen LogP contribution < -0.4 is 9.47 Å². The minimum atomic E-state index is 0.283. The van der Waals surface area contributed by atoms with Gasteiger partial charge in [-0.25, -0.2) is 4.98 Å². The topological polar surface area (TPSA) is 71.9 Å². The summed E-state index contributed by atoms with van der Waals surface area (Å²) in [6.07, 6.45) is 1.59. The molecule has 0 N–H and O–H groups in total. The van der Waals surface area contributed by atoms with Crippen LogP contribution in [0.2, 0.25) is 0 Å². The Morgan fingerprint density at radius 3 is 2.00 bits per heavy atom. The minimum absolute atomic E-state index is 0.283. The van der Waals surface area contributed by atoms with Crippen molar-refractivity contribution in [3.8, 4) is 11.9 Å². The van der Waals surface area contributed by atoms with E-state index in [4.69, 9.17) is 23.7 Å². The molecule has 2 heterocycles. The van der Waals surface area contributed by atoms with Crippen LogP contribution in [0.25, 0.3) is 0 Å². The smallest absolute Gasteiger partial charge is 0.319 e. The number of aromatic nitrogens is 2. The molecular weight excluding hydrogens is 252 g/mol. The molecule has 0 amide bonds. The van der Waals surface area contributed by atoms with Crippen LogP contribution in [-0.2, 0) is 14.2 Å². The molecule has 2 bridgehead atoms. The van der Waals surface area contributed by atoms with Gasteiger partial charge in [0.2, 0.25) is 5.88 Å². The third-order valence-corrected chi connectivity index (χ3v) is 2.29. The van der Waals surface area contributed by atoms with Gasteiger partial charge in [0.05, 0.1) is 39.6 Å². The van der Waals surface area contributed by atoms with Crippen molar-refractivity contribution in [2.75, 3.05) is 52.9 Å². The second-order valence-corrected chi connectivity index (χ2v) is 3.71. The van der Waals surface area contributed by atoms with E-state index in [1.54, 1.807) is 12.3 Å². The summed E-state index contributed by atoms with van der Waals surface area (Å²) >= 11 is 0. The third kappa shape index (κ3) is 5.82. The van der Waals surface area contributed by atoms with E-state index in [2.05, 4.69) is 9.97 Å². The van der Waals surface area contributed by atoms with Crippen molar-refractivity contribution in [1.82, 2.24) is 9.97 Å². The molecule has 19 heavy (non-hydrogen) atoms. The number of fused-ring (bicyclic) bond motifs is 2. The molecule has 1 aromatic rings. The van der Waals surface area contributed by atoms with E-state index in [0.717, 1.165) is 0 Å². The van der Waals surface area contributed by atoms with Crippen molar-refractivity contribution < 1.29 is 23.7 Å². The van der Waals surface area contributed by atoms with Crippen LogP contribution in [0.4, 0.5) is 0 Å². The zero-order chi connectivity index (χ0) is 13.2. The molecule has 0 fully saturated rings. The summed E-state index contributed by atoms with van der Waals surface area (Å²) in [4.78, 5) is 8.10. The number of rotatable bonds is 0. The van der Waals surface area contributed by atoms with Gasteiger partial charge >= 0.3 is 6.01 Å². The molecule has 2 rings (SSSR count). The highest BCUT2D eigenvalue weighted by molar-refractivity contribution is 5.10. The Morgan fingerprint density at radius 2 is 1.32 bits per heavy atom. The summed E-state index contributed by atoms with van der Waals surface area (Å²) in [7, 11) is 0. The normalized spacial score (nSPS) is 19.2. The Morgan fingerprint density at radius 1 is 0.737 bits per heavy atom. The maximum atomic E-state index is 5.42. The van der Waals surface area contributed by atoms with Crippen LogP contribution in [0, 0.1) is 0 Å². The maximum Gasteiger partial charge on any atom is 0.319 e. The molecule has 0 spiro atoms. The van der Waals surface area contributed by atoms with Crippen molar-refractivity contribution in [2.24, 2.45) is 0 Å². The van der Waals surface area contributed by atoms with Crippen molar-refractivity contribution in [3.05, 3.63) is 12.3 Å². The van der Waals surface area contributed by atoms with Crippen LogP contribution in [0.5, 0.6) is 11.9 Å². The standard InChI is InChI=1S/C12H18N2O5/c1-2-13-12-14-11(1)18-9-7-16-5-3-15-4-6-17-8-10-19-12/h1-2H,3-10H2. The van der Waals surface area contributed by atoms with Crippen LogP contribution in [0.15, 0.2) is 12.3 Å². The fourth-order valence-corrected chi connectivity index (χ4v) is 1.41. The summed E-state index contributed by atoms with van der Waals surface area (Å²) in [5, 5.41) is 0. The molecule has 0 aliphatic carbocycles. The molecule has 0 atom stereocenters. The van der Waals surface area contributed by atoms with Gasteiger partial charge in [0.15, 0.2) is 0 Å². The first-order chi connectivity index (χ1) is 9.45. The zero-order valence-corrected chi connectivity index (χ0v) is 10.7. The predicted octanol–water partition coefficient (Wildman–Crippen LogP) is 0.298. The molecule has 7 heteroatoms. The van der Waals surface area contributed by atoms with Gasteiger partial charge in [-0.15, -0.1) is 0 Å². The van der Waals surface area contributed by atoms with E-state index in [1.807, 2.05) is 0 Å². The van der Waals surface area contributed by atoms with Gasteiger partial charge in [0, 0.05) is 12.3 Å². The zero-order valence-electron chi connectivity index (χ0n) is 10.7. The van der Waals surface area contributed by atoms with Gasteiger partial charge in [-0.1, -0.05) is 0 Å². The highest BCUT2D eigenvalue weighted by Crippen LogP contribution is 2.09. The van der Waals surface area contributed by atoms with Gasteiger partial charge in [0.1, 0.15) is 13.2 Å². The van der Waals surface area contributed by atoms with Gasteiger partial charge < -0.3 is 23.7 Å². The lowest BCUT2D eigenvalue weighted by Gasteiger charge is -2.10. The summed E-state index contributed by atoms with van der Waals surface area (Å²) in [5.41, 5.74) is 0. The Bertz CT molecular complexity index is 334. The lowest BCUT2D eigenvalue weighted by atomic mass is 10.6. The fraction of sp³-hybridized carbons (Fsp3) is 0.667. The molecule has 0 aromatic carbocycles. The molecule has 1 aliphatic heterocycles. The first-order valence-corrected chi connectivity index (χ1v) is 6.27. The van der Waals surface area contributed by atoms with Crippen LogP contribution in [0.1, 0.15) is 0 Å². The highest BCUT2D eigenvalue weighted by Gasteiger charge is 2.02. The second kappa shape index (κ2) is 8.63. The summed E-state index contributed by atoms with van der Waals surface area (Å²) in [6.45, 7) is 3.96. The Labute approximate surface area is 111 Å². The minimum Gasteiger partial charge on any atom is -0.475 e. The quantitative estimate of drug-likeness (QED) is 0.671. The van der Waals surface area contributed by atoms with E-state index in [9.17, 15) is 0 Å². The number of nitrogens with zero attached hydrogens (tertiary/aromatic N) is 2. The van der Waals surface area contributed by atoms with Gasteiger partial charge in [-0.2, -0.15) is 4.98 Å². The van der Waals surface area contributed by atoms with E-state index in [-0.39, 0.29) is 6.01 Å². The highest BCUT2D eigenvalue weighted by atomic mass is 16.6. The first kappa shape index (κ1) is 14.0. The van der Waals surface area contributed by atoms with E-state index >= 15 is 0 Å². The van der Waals surface area contributed by atoms with Gasteiger partial charge in [-0.05, 0) is 0 Å². The second-order valence-electron chi connectivity index (χ2n) is 3.71. The lowest BCUT2D eigenvalue weighted by Crippen LogP contribution is -2.15. The average molecular weight is 270 g/mol. The maximum absolute atomic E-state index is 5.42. The molecule has 0 unspecified atom stereocenters. The number of hydrogen-bond donors (Lipinski definition) is 0. The Balaban J connectivity index is 1.84. The summed E-state index contributed by atoms with van der Waals surface area (Å²) in [6, 6.07) is 1.96. The van der Waals surface area contributed by atoms with Crippen LogP contribution >= 0.6 is 0 Å². The number of ether oxygens (including phenoxy) is 5. The average Bonchev–Trinajstić information content (AvgIpc) is 2.43. The van der Waals surface area contributed by atoms with Gasteiger partial charge in [-0.3, -0.25) is 0 Å². The number of hydrogen-bond acceptors (Lipinski definition) is 7. The SMILES string of the molecule is c1cc2nc(n1)OCCOCCOCCOCCO2. The summed E-state index contributed by atoms with van der Waals surface area (Å²) in [5.74, 6) is 0.470. The van der Waals surface area contributed by atoms with E-state index in [0.29, 0.717) is 58.7 Å². The van der Waals surface area contributed by atoms with Crippen LogP contribution in [0.3, 0.4) is 0 Å². The monoisotopic (exact) mass is 270 g/mol. The Kier molecular flexibility index (Phi) is 6.35. The fourth-order valence-electron chi connectivity index (χ4n) is 1.41. The lowest BCUT2D eigenvalue weighted by molar-refractivity contribution is 0.00317. The molecule has 1 aliphatic rings. The molecular formula is C12H18N2O5. The third-order valence-electron chi connectivity index (χ3n) is 2.29. The van der Waals surface area contributed by atoms with Crippen molar-refractivity contribution >= 4 is 0 Å². The van der Waals surface area contributed by atoms with E-state index in [1.165, 1.54) is 0 Å². The van der Waals surface area contributed by atoms with Crippen molar-refractivity contribution in [1.29, 1.82) is 0 Å². The van der Waals surface area contributed by atoms with Crippen molar-refractivity contribution in [2.45, 2.75) is 0 Å². The van der Waals surface area contributed by atoms with Crippen molar-refractivity contribution in [3.63, 3.8) is 0 Å². The largest absolute Gasteiger partial charge is 0.475 e. The van der Waals surface area contributed by atoms with Gasteiger partial charge in [0.25, 0.3) is 0 Å². The molecule has 1 aromatic heterocycles. The predicted molar refractivity (Wildman–Crippen MR) is 65.5 cm³/mol. The van der Waals surface area contributed by atoms with E-state index < -0.39 is 0 Å². The summed E-state index contributed by atoms with van der Waals surface area (Å²) < 4.78 is 26.8. The van der Waals surface area contributed by atoms with Crippen LogP contribution in [-0.4, -0.2) is 62.8 Å². The molecule has 0 radical (unpaired) electrons. The first-order valence-electron chi connectivity index (χ1n) is 6.27. The molecule has 0 saturated heterocycles. The Hall–Kier alpha value is -1.44. The molecule has 7 nitrogen and oxygen atoms in total.